The van der Waals surface area contributed by atoms with E-state index in [1.54, 1.807) is 18.9 Å². The molecule has 3 nitrogen and oxygen atoms in total. The molecule has 0 aromatic heterocycles. The van der Waals surface area contributed by atoms with Crippen LogP contribution in [0.1, 0.15) is 32.1 Å². The zero-order valence-electron chi connectivity index (χ0n) is 8.62. The molecule has 0 aliphatic carbocycles. The number of hydrogen-bond acceptors (Lipinski definition) is 3. The summed E-state index contributed by atoms with van der Waals surface area (Å²) in [5, 5.41) is 9.17. The lowest BCUT2D eigenvalue weighted by atomic mass is 9.96. The van der Waals surface area contributed by atoms with Gasteiger partial charge in [0.1, 0.15) is 4.75 Å². The minimum atomic E-state index is -0.627. The van der Waals surface area contributed by atoms with Gasteiger partial charge in [0.2, 0.25) is 0 Å². The molecule has 1 saturated heterocycles. The summed E-state index contributed by atoms with van der Waals surface area (Å²) in [6, 6.07) is 0. The Morgan fingerprint density at radius 3 is 2.86 bits per heavy atom. The quantitative estimate of drug-likeness (QED) is 0.694. The van der Waals surface area contributed by atoms with Crippen LogP contribution in [0, 0.1) is 0 Å². The maximum absolute atomic E-state index is 11.1. The summed E-state index contributed by atoms with van der Waals surface area (Å²) in [6.07, 6.45) is 4.58. The van der Waals surface area contributed by atoms with Gasteiger partial charge >= 0.3 is 5.97 Å². The molecular formula is C10H18O3S. The second-order valence-corrected chi connectivity index (χ2v) is 5.18. The molecule has 1 rings (SSSR count). The molecule has 1 aliphatic rings. The molecule has 4 heteroatoms. The molecule has 0 amide bonds. The van der Waals surface area contributed by atoms with E-state index >= 15 is 0 Å². The van der Waals surface area contributed by atoms with Crippen LogP contribution in [0.3, 0.4) is 0 Å². The summed E-state index contributed by atoms with van der Waals surface area (Å²) in [5.74, 6) is 0.369. The average Bonchev–Trinajstić information content (AvgIpc) is 2.62. The third kappa shape index (κ3) is 2.89. The highest BCUT2D eigenvalue weighted by Crippen LogP contribution is 2.42. The molecule has 0 saturated carbocycles. The maximum Gasteiger partial charge on any atom is 0.319 e. The Morgan fingerprint density at radius 2 is 2.36 bits per heavy atom. The van der Waals surface area contributed by atoms with Crippen molar-refractivity contribution in [2.24, 2.45) is 0 Å². The number of rotatable bonds is 6. The Labute approximate surface area is 89.2 Å². The van der Waals surface area contributed by atoms with Crippen molar-refractivity contribution in [3.63, 3.8) is 0 Å². The smallest absolute Gasteiger partial charge is 0.319 e. The Kier molecular flexibility index (Phi) is 4.75. The molecule has 1 aliphatic heterocycles. The van der Waals surface area contributed by atoms with Gasteiger partial charge in [-0.15, -0.1) is 11.8 Å². The first-order chi connectivity index (χ1) is 6.71. The van der Waals surface area contributed by atoms with Crippen molar-refractivity contribution in [3.05, 3.63) is 0 Å². The van der Waals surface area contributed by atoms with E-state index in [0.717, 1.165) is 44.5 Å². The third-order valence-electron chi connectivity index (χ3n) is 2.67. The predicted molar refractivity (Wildman–Crippen MR) is 57.8 cm³/mol. The minimum absolute atomic E-state index is 0.478. The predicted octanol–water partition coefficient (Wildman–Crippen LogP) is 2.15. The molecular weight excluding hydrogens is 200 g/mol. The average molecular weight is 218 g/mol. The summed E-state index contributed by atoms with van der Waals surface area (Å²) < 4.78 is 4.47. The molecule has 0 bridgehead atoms. The van der Waals surface area contributed by atoms with Gasteiger partial charge in [0.25, 0.3) is 0 Å². The van der Waals surface area contributed by atoms with Crippen molar-refractivity contribution in [1.82, 2.24) is 0 Å². The number of carboxylic acids is 1. The SMILES string of the molecule is COCCCCC1(C(=O)O)CCCS1. The van der Waals surface area contributed by atoms with Crippen molar-refractivity contribution in [3.8, 4) is 0 Å². The molecule has 14 heavy (non-hydrogen) atoms. The Balaban J connectivity index is 2.33. The molecule has 82 valence electrons. The number of ether oxygens (including phenoxy) is 1. The van der Waals surface area contributed by atoms with Gasteiger partial charge in [-0.2, -0.15) is 0 Å². The molecule has 0 radical (unpaired) electrons. The van der Waals surface area contributed by atoms with Crippen LogP contribution in [-0.4, -0.2) is 35.3 Å². The van der Waals surface area contributed by atoms with E-state index in [1.165, 1.54) is 0 Å². The number of unbranched alkanes of at least 4 members (excludes halogenated alkanes) is 1. The van der Waals surface area contributed by atoms with Crippen LogP contribution in [-0.2, 0) is 9.53 Å². The van der Waals surface area contributed by atoms with E-state index in [-0.39, 0.29) is 0 Å². The number of carboxylic acid groups (broad SMARTS) is 1. The largest absolute Gasteiger partial charge is 0.480 e. The first-order valence-electron chi connectivity index (χ1n) is 5.07. The lowest BCUT2D eigenvalue weighted by molar-refractivity contribution is -0.140. The Hall–Kier alpha value is -0.220. The maximum atomic E-state index is 11.1. The van der Waals surface area contributed by atoms with E-state index in [2.05, 4.69) is 0 Å². The van der Waals surface area contributed by atoms with Crippen molar-refractivity contribution in [2.75, 3.05) is 19.5 Å². The summed E-state index contributed by atoms with van der Waals surface area (Å²) in [4.78, 5) is 11.1. The highest BCUT2D eigenvalue weighted by molar-refractivity contribution is 8.01. The van der Waals surface area contributed by atoms with Gasteiger partial charge in [0.05, 0.1) is 0 Å². The van der Waals surface area contributed by atoms with Gasteiger partial charge in [-0.05, 0) is 37.9 Å². The zero-order chi connectivity index (χ0) is 10.4. The minimum Gasteiger partial charge on any atom is -0.480 e. The fourth-order valence-corrected chi connectivity index (χ4v) is 3.21. The number of carbonyl (C=O) groups is 1. The van der Waals surface area contributed by atoms with Crippen molar-refractivity contribution in [2.45, 2.75) is 36.9 Å². The van der Waals surface area contributed by atoms with Crippen molar-refractivity contribution < 1.29 is 14.6 Å². The Bertz CT molecular complexity index is 188. The lowest BCUT2D eigenvalue weighted by Crippen LogP contribution is -2.32. The van der Waals surface area contributed by atoms with Crippen molar-refractivity contribution >= 4 is 17.7 Å². The molecule has 1 N–H and O–H groups in total. The van der Waals surface area contributed by atoms with Gasteiger partial charge in [0, 0.05) is 13.7 Å². The Morgan fingerprint density at radius 1 is 1.57 bits per heavy atom. The van der Waals surface area contributed by atoms with E-state index in [4.69, 9.17) is 9.84 Å². The van der Waals surface area contributed by atoms with Gasteiger partial charge in [-0.1, -0.05) is 0 Å². The third-order valence-corrected chi connectivity index (χ3v) is 4.30. The highest BCUT2D eigenvalue weighted by atomic mass is 32.2. The molecule has 1 atom stereocenters. The second kappa shape index (κ2) is 5.61. The number of hydrogen-bond donors (Lipinski definition) is 1. The van der Waals surface area contributed by atoms with Gasteiger partial charge in [-0.3, -0.25) is 4.79 Å². The highest BCUT2D eigenvalue weighted by Gasteiger charge is 2.41. The van der Waals surface area contributed by atoms with Crippen LogP contribution >= 0.6 is 11.8 Å². The van der Waals surface area contributed by atoms with Crippen LogP contribution in [0.25, 0.3) is 0 Å². The standard InChI is InChI=1S/C10H18O3S/c1-13-7-3-2-5-10(9(11)12)6-4-8-14-10/h2-8H2,1H3,(H,11,12). The first kappa shape index (κ1) is 11.9. The first-order valence-corrected chi connectivity index (χ1v) is 6.06. The second-order valence-electron chi connectivity index (χ2n) is 3.70. The van der Waals surface area contributed by atoms with Gasteiger partial charge in [-0.25, -0.2) is 0 Å². The summed E-state index contributed by atoms with van der Waals surface area (Å²) in [5.41, 5.74) is 0. The molecule has 1 unspecified atom stereocenters. The van der Waals surface area contributed by atoms with Crippen LogP contribution in [0.4, 0.5) is 0 Å². The van der Waals surface area contributed by atoms with E-state index in [9.17, 15) is 4.79 Å². The normalized spacial score (nSPS) is 26.6. The molecule has 0 spiro atoms. The number of thioether (sulfide) groups is 1. The van der Waals surface area contributed by atoms with E-state index < -0.39 is 10.7 Å². The monoisotopic (exact) mass is 218 g/mol. The summed E-state index contributed by atoms with van der Waals surface area (Å²) in [7, 11) is 1.68. The lowest BCUT2D eigenvalue weighted by Gasteiger charge is -2.22. The number of aliphatic carboxylic acids is 1. The fraction of sp³-hybridized carbons (Fsp3) is 0.900. The van der Waals surface area contributed by atoms with E-state index in [1.807, 2.05) is 0 Å². The van der Waals surface area contributed by atoms with Crippen LogP contribution < -0.4 is 0 Å². The molecule has 1 fully saturated rings. The fourth-order valence-electron chi connectivity index (χ4n) is 1.83. The van der Waals surface area contributed by atoms with Crippen LogP contribution in [0.5, 0.6) is 0 Å². The topological polar surface area (TPSA) is 46.5 Å². The van der Waals surface area contributed by atoms with Gasteiger partial charge < -0.3 is 9.84 Å². The number of methoxy groups -OCH3 is 1. The van der Waals surface area contributed by atoms with E-state index in [0.29, 0.717) is 0 Å². The summed E-state index contributed by atoms with van der Waals surface area (Å²) >= 11 is 1.62. The van der Waals surface area contributed by atoms with Crippen LogP contribution in [0.15, 0.2) is 0 Å². The molecule has 0 aromatic rings. The van der Waals surface area contributed by atoms with Gasteiger partial charge in [0.15, 0.2) is 0 Å². The van der Waals surface area contributed by atoms with Crippen LogP contribution in [0.2, 0.25) is 0 Å². The molecule has 0 aromatic carbocycles. The molecule has 1 heterocycles. The van der Waals surface area contributed by atoms with Crippen molar-refractivity contribution in [1.29, 1.82) is 0 Å². The summed E-state index contributed by atoms with van der Waals surface area (Å²) in [6.45, 7) is 0.736. The zero-order valence-corrected chi connectivity index (χ0v) is 9.44.